The lowest BCUT2D eigenvalue weighted by Gasteiger charge is -2.29. The summed E-state index contributed by atoms with van der Waals surface area (Å²) < 4.78 is 64.5. The van der Waals surface area contributed by atoms with Crippen LogP contribution in [0.5, 0.6) is 11.5 Å². The predicted octanol–water partition coefficient (Wildman–Crippen LogP) is 4.97. The van der Waals surface area contributed by atoms with E-state index in [-0.39, 0.29) is 25.3 Å². The molecule has 0 amide bonds. The van der Waals surface area contributed by atoms with Gasteiger partial charge < -0.3 is 9.47 Å². The molecule has 36 heavy (non-hydrogen) atoms. The van der Waals surface area contributed by atoms with Crippen LogP contribution in [0.25, 0.3) is 0 Å². The minimum atomic E-state index is -3.87. The molecule has 2 rings (SSSR count). The average Bonchev–Trinajstić information content (AvgIpc) is 2.83. The fourth-order valence-corrected chi connectivity index (χ4v) is 6.94. The first-order valence-electron chi connectivity index (χ1n) is 11.9. The van der Waals surface area contributed by atoms with Crippen LogP contribution in [-0.2, 0) is 33.0 Å². The van der Waals surface area contributed by atoms with Crippen molar-refractivity contribution in [1.29, 1.82) is 0 Å². The van der Waals surface area contributed by atoms with Crippen molar-refractivity contribution in [2.75, 3.05) is 20.0 Å². The molecule has 1 atom stereocenters. The van der Waals surface area contributed by atoms with E-state index < -0.39 is 29.9 Å². The zero-order chi connectivity index (χ0) is 27.0. The molecule has 0 aromatic heterocycles. The van der Waals surface area contributed by atoms with Gasteiger partial charge >= 0.3 is 0 Å². The van der Waals surface area contributed by atoms with Crippen LogP contribution >= 0.6 is 0 Å². The second-order valence-electron chi connectivity index (χ2n) is 9.72. The van der Waals surface area contributed by atoms with Crippen molar-refractivity contribution in [3.8, 4) is 11.5 Å². The zero-order valence-electron chi connectivity index (χ0n) is 21.9. The van der Waals surface area contributed by atoms with E-state index in [2.05, 4.69) is 6.58 Å². The summed E-state index contributed by atoms with van der Waals surface area (Å²) in [6, 6.07) is 14.5. The smallest absolute Gasteiger partial charge is 0.217 e. The minimum Gasteiger partial charge on any atom is -0.497 e. The highest BCUT2D eigenvalue weighted by Crippen LogP contribution is 2.26. The Morgan fingerprint density at radius 3 is 1.64 bits per heavy atom. The summed E-state index contributed by atoms with van der Waals surface area (Å²) in [6.07, 6.45) is 2.46. The van der Waals surface area contributed by atoms with Crippen LogP contribution in [0.2, 0.25) is 0 Å². The van der Waals surface area contributed by atoms with Gasteiger partial charge in [-0.2, -0.15) is 4.31 Å². The van der Waals surface area contributed by atoms with Crippen molar-refractivity contribution in [2.45, 2.75) is 63.1 Å². The van der Waals surface area contributed by atoms with Crippen LogP contribution < -0.4 is 9.47 Å². The van der Waals surface area contributed by atoms with Gasteiger partial charge in [0.2, 0.25) is 10.0 Å². The van der Waals surface area contributed by atoms with Crippen LogP contribution in [0.3, 0.4) is 0 Å². The van der Waals surface area contributed by atoms with Crippen molar-refractivity contribution in [1.82, 2.24) is 4.31 Å². The Morgan fingerprint density at radius 1 is 0.833 bits per heavy atom. The molecule has 7 nitrogen and oxygen atoms in total. The summed E-state index contributed by atoms with van der Waals surface area (Å²) in [6.45, 7) is 8.92. The monoisotopic (exact) mass is 537 g/mol. The van der Waals surface area contributed by atoms with E-state index in [0.29, 0.717) is 24.3 Å². The molecule has 0 unspecified atom stereocenters. The SMILES string of the molecule is C=CCC[C@@H](CCS(=O)(=O)C(C)(C)C)S(=O)(=O)N(Cc1ccc(OC)cc1)Cc1ccc(OC)cc1. The largest absolute Gasteiger partial charge is 0.497 e. The van der Waals surface area contributed by atoms with Gasteiger partial charge in [0, 0.05) is 13.1 Å². The van der Waals surface area contributed by atoms with E-state index in [1.165, 1.54) is 4.31 Å². The Morgan fingerprint density at radius 2 is 1.28 bits per heavy atom. The Bertz CT molecular complexity index is 1130. The zero-order valence-corrected chi connectivity index (χ0v) is 23.6. The van der Waals surface area contributed by atoms with Crippen molar-refractivity contribution in [2.24, 2.45) is 0 Å². The molecule has 0 saturated heterocycles. The first-order valence-corrected chi connectivity index (χ1v) is 15.1. The van der Waals surface area contributed by atoms with Crippen molar-refractivity contribution < 1.29 is 26.3 Å². The molecule has 0 bridgehead atoms. The van der Waals surface area contributed by atoms with Crippen molar-refractivity contribution in [3.05, 3.63) is 72.3 Å². The second-order valence-corrected chi connectivity index (χ2v) is 14.8. The molecule has 0 aliphatic heterocycles. The fourth-order valence-electron chi connectivity index (χ4n) is 3.65. The molecule has 0 aliphatic rings. The van der Waals surface area contributed by atoms with Crippen LogP contribution in [0.4, 0.5) is 0 Å². The Hall–Kier alpha value is -2.36. The number of ether oxygens (including phenoxy) is 2. The second kappa shape index (κ2) is 12.7. The summed E-state index contributed by atoms with van der Waals surface area (Å²) in [4.78, 5) is 0. The van der Waals surface area contributed by atoms with E-state index in [9.17, 15) is 16.8 Å². The number of sulfone groups is 1. The molecule has 0 fully saturated rings. The number of hydrogen-bond donors (Lipinski definition) is 0. The van der Waals surface area contributed by atoms with Gasteiger partial charge in [-0.1, -0.05) is 30.3 Å². The number of sulfonamides is 1. The molecule has 0 aliphatic carbocycles. The molecule has 200 valence electrons. The molecule has 0 N–H and O–H groups in total. The highest BCUT2D eigenvalue weighted by Gasteiger charge is 2.35. The van der Waals surface area contributed by atoms with Crippen molar-refractivity contribution >= 4 is 19.9 Å². The Kier molecular flexibility index (Phi) is 10.6. The highest BCUT2D eigenvalue weighted by atomic mass is 32.2. The van der Waals surface area contributed by atoms with Crippen LogP contribution in [-0.4, -0.2) is 51.1 Å². The predicted molar refractivity (Wildman–Crippen MR) is 146 cm³/mol. The number of methoxy groups -OCH3 is 2. The normalized spacial score (nSPS) is 13.4. The summed E-state index contributed by atoms with van der Waals surface area (Å²) in [7, 11) is -4.20. The lowest BCUT2D eigenvalue weighted by molar-refractivity contribution is 0.388. The standard InChI is InChI=1S/C27H39NO6S2/c1-7-8-9-26(18-19-35(29,30)27(2,3)4)36(31,32)28(20-22-10-14-24(33-5)15-11-22)21-23-12-16-25(34-6)17-13-23/h7,10-17,26H,1,8-9,18-21H2,2-6H3/t26-/m0/s1. The molecule has 0 radical (unpaired) electrons. The third-order valence-electron chi connectivity index (χ3n) is 6.15. The number of allylic oxidation sites excluding steroid dienone is 1. The average molecular weight is 538 g/mol. The lowest BCUT2D eigenvalue weighted by Crippen LogP contribution is -2.40. The first-order chi connectivity index (χ1) is 16.8. The molecule has 0 spiro atoms. The molecule has 0 heterocycles. The van der Waals surface area contributed by atoms with Gasteiger partial charge in [0.05, 0.1) is 30.0 Å². The Balaban J connectivity index is 2.42. The number of nitrogens with zero attached hydrogens (tertiary/aromatic N) is 1. The molecular weight excluding hydrogens is 498 g/mol. The van der Waals surface area contributed by atoms with E-state index in [1.54, 1.807) is 65.3 Å². The molecule has 0 saturated carbocycles. The van der Waals surface area contributed by atoms with Crippen LogP contribution in [0, 0.1) is 0 Å². The molecule has 2 aromatic carbocycles. The summed E-state index contributed by atoms with van der Waals surface area (Å²) in [5.41, 5.74) is 1.61. The van der Waals surface area contributed by atoms with Gasteiger partial charge in [-0.15, -0.1) is 6.58 Å². The van der Waals surface area contributed by atoms with E-state index in [4.69, 9.17) is 9.47 Å². The molecule has 9 heteroatoms. The summed E-state index contributed by atoms with van der Waals surface area (Å²) in [5.74, 6) is 1.16. The van der Waals surface area contributed by atoms with Gasteiger partial charge in [0.15, 0.2) is 9.84 Å². The maximum absolute atomic E-state index is 14.0. The number of hydrogen-bond acceptors (Lipinski definition) is 6. The highest BCUT2D eigenvalue weighted by molar-refractivity contribution is 7.93. The minimum absolute atomic E-state index is 0.0253. The van der Waals surface area contributed by atoms with Gasteiger partial charge in [-0.05, 0) is 75.4 Å². The third-order valence-corrected chi connectivity index (χ3v) is 11.1. The lowest BCUT2D eigenvalue weighted by atomic mass is 10.2. The quantitative estimate of drug-likeness (QED) is 0.316. The van der Waals surface area contributed by atoms with Gasteiger partial charge in [-0.3, -0.25) is 0 Å². The maximum Gasteiger partial charge on any atom is 0.217 e. The maximum atomic E-state index is 14.0. The van der Waals surface area contributed by atoms with Gasteiger partial charge in [0.1, 0.15) is 11.5 Å². The molecule has 2 aromatic rings. The topological polar surface area (TPSA) is 90.0 Å². The number of benzene rings is 2. The third kappa shape index (κ3) is 8.08. The summed E-state index contributed by atoms with van der Waals surface area (Å²) >= 11 is 0. The van der Waals surface area contributed by atoms with E-state index in [0.717, 1.165) is 11.1 Å². The number of rotatable bonds is 14. The van der Waals surface area contributed by atoms with E-state index >= 15 is 0 Å². The fraction of sp³-hybridized carbons (Fsp3) is 0.481. The van der Waals surface area contributed by atoms with Gasteiger partial charge in [0.25, 0.3) is 0 Å². The van der Waals surface area contributed by atoms with Crippen LogP contribution in [0.1, 0.15) is 51.2 Å². The van der Waals surface area contributed by atoms with Crippen molar-refractivity contribution in [3.63, 3.8) is 0 Å². The first kappa shape index (κ1) is 29.9. The Labute approximate surface area is 217 Å². The molecular formula is C27H39NO6S2. The van der Waals surface area contributed by atoms with Gasteiger partial charge in [-0.25, -0.2) is 16.8 Å². The van der Waals surface area contributed by atoms with E-state index in [1.807, 2.05) is 24.3 Å². The summed E-state index contributed by atoms with van der Waals surface area (Å²) in [5, 5.41) is -0.857. The van der Waals surface area contributed by atoms with Crippen LogP contribution in [0.15, 0.2) is 61.2 Å².